The number of rotatable bonds is 8. The van der Waals surface area contributed by atoms with Crippen molar-refractivity contribution in [2.45, 2.75) is 58.5 Å². The molecule has 0 saturated heterocycles. The average Bonchev–Trinajstić information content (AvgIpc) is 2.65. The molecular formula is C24H31FN2O2S. The number of nitrogens with one attached hydrogen (secondary N) is 1. The van der Waals surface area contributed by atoms with Gasteiger partial charge in [0.25, 0.3) is 0 Å². The van der Waals surface area contributed by atoms with E-state index in [4.69, 9.17) is 0 Å². The van der Waals surface area contributed by atoms with Gasteiger partial charge in [-0.2, -0.15) is 0 Å². The van der Waals surface area contributed by atoms with Gasteiger partial charge >= 0.3 is 0 Å². The largest absolute Gasteiger partial charge is 0.350 e. The van der Waals surface area contributed by atoms with Gasteiger partial charge in [-0.3, -0.25) is 9.59 Å². The van der Waals surface area contributed by atoms with Gasteiger partial charge in [-0.05, 0) is 46.2 Å². The number of amides is 2. The van der Waals surface area contributed by atoms with E-state index >= 15 is 0 Å². The van der Waals surface area contributed by atoms with Crippen LogP contribution in [0.1, 0.15) is 44.4 Å². The predicted octanol–water partition coefficient (Wildman–Crippen LogP) is 4.70. The highest BCUT2D eigenvalue weighted by atomic mass is 32.2. The highest BCUT2D eigenvalue weighted by Crippen LogP contribution is 2.18. The fourth-order valence-electron chi connectivity index (χ4n) is 3.01. The lowest BCUT2D eigenvalue weighted by Crippen LogP contribution is -2.52. The van der Waals surface area contributed by atoms with E-state index in [0.29, 0.717) is 11.3 Å². The molecule has 0 bridgehead atoms. The molecule has 30 heavy (non-hydrogen) atoms. The summed E-state index contributed by atoms with van der Waals surface area (Å²) in [5, 5.41) is 2.91. The minimum atomic E-state index is -0.712. The van der Waals surface area contributed by atoms with E-state index < -0.39 is 11.6 Å². The molecule has 0 fully saturated rings. The maximum Gasteiger partial charge on any atom is 0.242 e. The van der Waals surface area contributed by atoms with Crippen LogP contribution in [0.25, 0.3) is 0 Å². The lowest BCUT2D eigenvalue weighted by atomic mass is 10.1. The third kappa shape index (κ3) is 7.48. The molecule has 4 nitrogen and oxygen atoms in total. The first-order valence-corrected chi connectivity index (χ1v) is 11.2. The lowest BCUT2D eigenvalue weighted by molar-refractivity contribution is -0.139. The Bertz CT molecular complexity index is 880. The molecule has 2 amide bonds. The van der Waals surface area contributed by atoms with Crippen LogP contribution in [0.15, 0.2) is 48.5 Å². The number of hydrogen-bond acceptors (Lipinski definition) is 3. The molecule has 2 rings (SSSR count). The summed E-state index contributed by atoms with van der Waals surface area (Å²) in [6.45, 7) is 9.43. The first kappa shape index (κ1) is 23.9. The maximum absolute atomic E-state index is 14.2. The second-order valence-corrected chi connectivity index (χ2v) is 9.50. The van der Waals surface area contributed by atoms with Gasteiger partial charge in [0, 0.05) is 23.4 Å². The van der Waals surface area contributed by atoms with E-state index in [1.807, 2.05) is 45.9 Å². The Balaban J connectivity index is 2.11. The normalized spacial score (nSPS) is 12.3. The van der Waals surface area contributed by atoms with Gasteiger partial charge in [0.05, 0.1) is 5.75 Å². The van der Waals surface area contributed by atoms with E-state index in [9.17, 15) is 14.0 Å². The van der Waals surface area contributed by atoms with Crippen molar-refractivity contribution in [3.63, 3.8) is 0 Å². The van der Waals surface area contributed by atoms with Crippen molar-refractivity contribution in [3.8, 4) is 0 Å². The number of carbonyl (C=O) groups is 2. The zero-order valence-electron chi connectivity index (χ0n) is 18.4. The van der Waals surface area contributed by atoms with E-state index in [1.54, 1.807) is 25.1 Å². The smallest absolute Gasteiger partial charge is 0.242 e. The number of thioether (sulfide) groups is 1. The predicted molar refractivity (Wildman–Crippen MR) is 122 cm³/mol. The zero-order chi connectivity index (χ0) is 22.3. The molecule has 2 aromatic carbocycles. The van der Waals surface area contributed by atoms with Crippen LogP contribution in [-0.4, -0.2) is 34.0 Å². The highest BCUT2D eigenvalue weighted by molar-refractivity contribution is 7.99. The first-order chi connectivity index (χ1) is 14.1. The number of aryl methyl sites for hydroxylation is 1. The van der Waals surface area contributed by atoms with Gasteiger partial charge in [-0.1, -0.05) is 48.0 Å². The molecule has 1 unspecified atom stereocenters. The van der Waals surface area contributed by atoms with Crippen LogP contribution in [-0.2, 0) is 21.9 Å². The van der Waals surface area contributed by atoms with E-state index in [0.717, 1.165) is 5.56 Å². The highest BCUT2D eigenvalue weighted by Gasteiger charge is 2.28. The van der Waals surface area contributed by atoms with Crippen LogP contribution in [0.3, 0.4) is 0 Å². The summed E-state index contributed by atoms with van der Waals surface area (Å²) in [6, 6.07) is 13.8. The second kappa shape index (κ2) is 10.6. The summed E-state index contributed by atoms with van der Waals surface area (Å²) >= 11 is 1.49. The quantitative estimate of drug-likeness (QED) is 0.660. The summed E-state index contributed by atoms with van der Waals surface area (Å²) < 4.78 is 14.2. The van der Waals surface area contributed by atoms with Gasteiger partial charge < -0.3 is 10.2 Å². The van der Waals surface area contributed by atoms with Crippen molar-refractivity contribution in [1.29, 1.82) is 0 Å². The minimum absolute atomic E-state index is 0.0508. The Morgan fingerprint density at radius 1 is 1.13 bits per heavy atom. The van der Waals surface area contributed by atoms with E-state index in [1.165, 1.54) is 28.3 Å². The van der Waals surface area contributed by atoms with Crippen molar-refractivity contribution < 1.29 is 14.0 Å². The Hall–Kier alpha value is -2.34. The molecule has 0 aliphatic carbocycles. The van der Waals surface area contributed by atoms with Gasteiger partial charge in [0.2, 0.25) is 11.8 Å². The van der Waals surface area contributed by atoms with Crippen molar-refractivity contribution in [3.05, 3.63) is 71.0 Å². The molecular weight excluding hydrogens is 399 g/mol. The van der Waals surface area contributed by atoms with Crippen LogP contribution in [0.2, 0.25) is 0 Å². The van der Waals surface area contributed by atoms with E-state index in [2.05, 4.69) is 11.4 Å². The molecule has 162 valence electrons. The van der Waals surface area contributed by atoms with Crippen LogP contribution in [0, 0.1) is 12.7 Å². The third-order valence-electron chi connectivity index (χ3n) is 4.54. The van der Waals surface area contributed by atoms with Crippen LogP contribution >= 0.6 is 11.8 Å². The monoisotopic (exact) mass is 430 g/mol. The SMILES string of the molecule is Cc1cccc(CSCC(=O)N(Cc2ccccc2F)C(C)C(=O)NC(C)(C)C)c1. The summed E-state index contributed by atoms with van der Waals surface area (Å²) in [4.78, 5) is 27.2. The molecule has 0 heterocycles. The lowest BCUT2D eigenvalue weighted by Gasteiger charge is -2.31. The van der Waals surface area contributed by atoms with Crippen LogP contribution < -0.4 is 5.32 Å². The summed E-state index contributed by atoms with van der Waals surface area (Å²) in [7, 11) is 0. The zero-order valence-corrected chi connectivity index (χ0v) is 19.2. The summed E-state index contributed by atoms with van der Waals surface area (Å²) in [6.07, 6.45) is 0. The molecule has 0 saturated carbocycles. The van der Waals surface area contributed by atoms with Gasteiger partial charge in [0.15, 0.2) is 0 Å². The Labute approximate surface area is 183 Å². The van der Waals surface area contributed by atoms with Crippen molar-refractivity contribution >= 4 is 23.6 Å². The molecule has 0 aromatic heterocycles. The molecule has 6 heteroatoms. The molecule has 1 atom stereocenters. The molecule has 2 aromatic rings. The van der Waals surface area contributed by atoms with Crippen molar-refractivity contribution in [2.24, 2.45) is 0 Å². The summed E-state index contributed by atoms with van der Waals surface area (Å²) in [5.41, 5.74) is 2.29. The van der Waals surface area contributed by atoms with Crippen LogP contribution in [0.4, 0.5) is 4.39 Å². The summed E-state index contributed by atoms with van der Waals surface area (Å²) in [5.74, 6) is 0.0912. The fourth-order valence-corrected chi connectivity index (χ4v) is 3.87. The van der Waals surface area contributed by atoms with Crippen molar-refractivity contribution in [2.75, 3.05) is 5.75 Å². The molecule has 0 aliphatic heterocycles. The first-order valence-electron chi connectivity index (χ1n) is 10.0. The maximum atomic E-state index is 14.2. The number of nitrogens with zero attached hydrogens (tertiary/aromatic N) is 1. The molecule has 1 N–H and O–H groups in total. The number of carbonyl (C=O) groups excluding carboxylic acids is 2. The molecule has 0 radical (unpaired) electrons. The standard InChI is InChI=1S/C24H31FN2O2S/c1-17-9-8-10-19(13-17)15-30-16-22(28)27(14-20-11-6-7-12-21(20)25)18(2)23(29)26-24(3,4)5/h6-13,18H,14-16H2,1-5H3,(H,26,29). The van der Waals surface area contributed by atoms with Crippen LogP contribution in [0.5, 0.6) is 0 Å². The number of halogens is 1. The minimum Gasteiger partial charge on any atom is -0.350 e. The van der Waals surface area contributed by atoms with Gasteiger partial charge in [0.1, 0.15) is 11.9 Å². The molecule has 0 spiro atoms. The van der Waals surface area contributed by atoms with E-state index in [-0.39, 0.29) is 29.9 Å². The fraction of sp³-hybridized carbons (Fsp3) is 0.417. The van der Waals surface area contributed by atoms with Crippen molar-refractivity contribution in [1.82, 2.24) is 10.2 Å². The second-order valence-electron chi connectivity index (χ2n) is 8.51. The molecule has 0 aliphatic rings. The Morgan fingerprint density at radius 2 is 1.83 bits per heavy atom. The average molecular weight is 431 g/mol. The topological polar surface area (TPSA) is 49.4 Å². The number of hydrogen-bond donors (Lipinski definition) is 1. The number of benzene rings is 2. The van der Waals surface area contributed by atoms with Gasteiger partial charge in [-0.15, -0.1) is 11.8 Å². The Kier molecular flexibility index (Phi) is 8.47. The Morgan fingerprint density at radius 3 is 2.47 bits per heavy atom. The van der Waals surface area contributed by atoms with Gasteiger partial charge in [-0.25, -0.2) is 4.39 Å². The third-order valence-corrected chi connectivity index (χ3v) is 5.53.